The summed E-state index contributed by atoms with van der Waals surface area (Å²) in [5.41, 5.74) is -1.74. The number of carboxylic acids is 1. The van der Waals surface area contributed by atoms with Crippen LogP contribution in [0.5, 0.6) is 0 Å². The Balaban J connectivity index is 3.07. The highest BCUT2D eigenvalue weighted by Crippen LogP contribution is 2.41. The second-order valence-electron chi connectivity index (χ2n) is 6.33. The molecule has 20 heavy (non-hydrogen) atoms. The van der Waals surface area contributed by atoms with E-state index in [9.17, 15) is 19.5 Å². The van der Waals surface area contributed by atoms with Gasteiger partial charge in [0.1, 0.15) is 0 Å². The van der Waals surface area contributed by atoms with Crippen LogP contribution in [0.2, 0.25) is 0 Å². The van der Waals surface area contributed by atoms with Gasteiger partial charge in [0.05, 0.1) is 10.8 Å². The maximum atomic E-state index is 12.5. The van der Waals surface area contributed by atoms with Crippen molar-refractivity contribution in [1.82, 2.24) is 4.90 Å². The zero-order chi connectivity index (χ0) is 15.7. The predicted molar refractivity (Wildman–Crippen MR) is 74.9 cm³/mol. The van der Waals surface area contributed by atoms with E-state index in [-0.39, 0.29) is 30.7 Å². The highest BCUT2D eigenvalue weighted by atomic mass is 16.4. The van der Waals surface area contributed by atoms with Gasteiger partial charge in [-0.25, -0.2) is 0 Å². The third-order valence-corrected chi connectivity index (χ3v) is 5.10. The van der Waals surface area contributed by atoms with Crippen LogP contribution in [0.15, 0.2) is 0 Å². The first kappa shape index (κ1) is 16.7. The SMILES string of the molecule is CCC(CC)(CN1C(=O)CC(C)(C(C)C)C1=O)C(=O)O. The molecule has 114 valence electrons. The van der Waals surface area contributed by atoms with Crippen molar-refractivity contribution < 1.29 is 19.5 Å². The number of nitrogens with zero attached hydrogens (tertiary/aromatic N) is 1. The molecule has 1 heterocycles. The molecule has 0 aliphatic carbocycles. The van der Waals surface area contributed by atoms with Crippen molar-refractivity contribution in [3.05, 3.63) is 0 Å². The largest absolute Gasteiger partial charge is 0.481 e. The van der Waals surface area contributed by atoms with Gasteiger partial charge in [-0.15, -0.1) is 0 Å². The lowest BCUT2D eigenvalue weighted by molar-refractivity contribution is -0.154. The number of carbonyl (C=O) groups is 3. The van der Waals surface area contributed by atoms with E-state index in [0.29, 0.717) is 12.8 Å². The summed E-state index contributed by atoms with van der Waals surface area (Å²) in [6.07, 6.45) is 0.967. The quantitative estimate of drug-likeness (QED) is 0.759. The summed E-state index contributed by atoms with van der Waals surface area (Å²) < 4.78 is 0. The van der Waals surface area contributed by atoms with Gasteiger partial charge in [-0.1, -0.05) is 27.7 Å². The van der Waals surface area contributed by atoms with Crippen LogP contribution in [0.3, 0.4) is 0 Å². The highest BCUT2D eigenvalue weighted by Gasteiger charge is 2.52. The summed E-state index contributed by atoms with van der Waals surface area (Å²) in [4.78, 5) is 37.4. The fourth-order valence-corrected chi connectivity index (χ4v) is 2.66. The highest BCUT2D eigenvalue weighted by molar-refractivity contribution is 6.06. The van der Waals surface area contributed by atoms with Crippen molar-refractivity contribution in [3.8, 4) is 0 Å². The normalized spacial score (nSPS) is 23.8. The number of carbonyl (C=O) groups excluding carboxylic acids is 2. The molecule has 5 nitrogen and oxygen atoms in total. The maximum absolute atomic E-state index is 12.5. The number of aliphatic carboxylic acids is 1. The van der Waals surface area contributed by atoms with E-state index in [2.05, 4.69) is 0 Å². The smallest absolute Gasteiger partial charge is 0.311 e. The molecule has 0 saturated carbocycles. The summed E-state index contributed by atoms with van der Waals surface area (Å²) >= 11 is 0. The Kier molecular flexibility index (Phi) is 4.62. The lowest BCUT2D eigenvalue weighted by Gasteiger charge is -2.32. The van der Waals surface area contributed by atoms with Crippen LogP contribution in [0.25, 0.3) is 0 Å². The molecule has 1 aliphatic rings. The van der Waals surface area contributed by atoms with E-state index in [1.807, 2.05) is 13.8 Å². The number of imide groups is 1. The average molecular weight is 283 g/mol. The fourth-order valence-electron chi connectivity index (χ4n) is 2.66. The Morgan fingerprint density at radius 1 is 1.35 bits per heavy atom. The minimum absolute atomic E-state index is 0.0185. The van der Waals surface area contributed by atoms with E-state index in [1.165, 1.54) is 4.90 Å². The third-order valence-electron chi connectivity index (χ3n) is 5.10. The average Bonchev–Trinajstić information content (AvgIpc) is 2.59. The zero-order valence-electron chi connectivity index (χ0n) is 13.0. The molecule has 1 atom stereocenters. The van der Waals surface area contributed by atoms with Crippen molar-refractivity contribution in [3.63, 3.8) is 0 Å². The zero-order valence-corrected chi connectivity index (χ0v) is 13.0. The van der Waals surface area contributed by atoms with Crippen molar-refractivity contribution >= 4 is 17.8 Å². The first-order valence-corrected chi connectivity index (χ1v) is 7.22. The van der Waals surface area contributed by atoms with Gasteiger partial charge in [-0.2, -0.15) is 0 Å². The second kappa shape index (κ2) is 5.54. The molecule has 0 radical (unpaired) electrons. The molecule has 0 bridgehead atoms. The third kappa shape index (κ3) is 2.45. The number of carboxylic acid groups (broad SMARTS) is 1. The molecule has 0 aromatic heterocycles. The summed E-state index contributed by atoms with van der Waals surface area (Å²) in [6, 6.07) is 0. The molecule has 1 rings (SSSR count). The molecule has 1 unspecified atom stereocenters. The molecule has 1 N–H and O–H groups in total. The monoisotopic (exact) mass is 283 g/mol. The number of rotatable bonds is 6. The summed E-state index contributed by atoms with van der Waals surface area (Å²) in [5, 5.41) is 9.45. The Hall–Kier alpha value is -1.39. The predicted octanol–water partition coefficient (Wildman–Crippen LogP) is 2.30. The van der Waals surface area contributed by atoms with Gasteiger partial charge in [0.2, 0.25) is 11.8 Å². The molecule has 2 amide bonds. The molecule has 0 aromatic carbocycles. The first-order valence-electron chi connectivity index (χ1n) is 7.22. The van der Waals surface area contributed by atoms with Crippen LogP contribution < -0.4 is 0 Å². The minimum Gasteiger partial charge on any atom is -0.481 e. The standard InChI is InChI=1S/C15H25NO4/c1-6-15(7-2,13(19)20)9-16-11(17)8-14(5,10(3)4)12(16)18/h10H,6-9H2,1-5H3,(H,19,20). The first-order chi connectivity index (χ1) is 9.14. The van der Waals surface area contributed by atoms with Crippen LogP contribution in [0.4, 0.5) is 0 Å². The van der Waals surface area contributed by atoms with Gasteiger partial charge in [-0.05, 0) is 25.7 Å². The van der Waals surface area contributed by atoms with Crippen molar-refractivity contribution in [2.24, 2.45) is 16.7 Å². The van der Waals surface area contributed by atoms with Gasteiger partial charge in [0, 0.05) is 13.0 Å². The van der Waals surface area contributed by atoms with Gasteiger partial charge < -0.3 is 5.11 Å². The van der Waals surface area contributed by atoms with E-state index < -0.39 is 16.8 Å². The summed E-state index contributed by atoms with van der Waals surface area (Å²) in [5.74, 6) is -1.38. The Labute approximate surface area is 120 Å². The van der Waals surface area contributed by atoms with E-state index in [0.717, 1.165) is 0 Å². The van der Waals surface area contributed by atoms with Gasteiger partial charge >= 0.3 is 5.97 Å². The molecule has 0 spiro atoms. The fraction of sp³-hybridized carbons (Fsp3) is 0.800. The molecule has 5 heteroatoms. The number of amides is 2. The van der Waals surface area contributed by atoms with Crippen LogP contribution in [0, 0.1) is 16.7 Å². The van der Waals surface area contributed by atoms with Crippen LogP contribution in [0.1, 0.15) is 53.9 Å². The van der Waals surface area contributed by atoms with Crippen molar-refractivity contribution in [1.29, 1.82) is 0 Å². The summed E-state index contributed by atoms with van der Waals surface area (Å²) in [6.45, 7) is 9.17. The van der Waals surface area contributed by atoms with Gasteiger partial charge in [0.25, 0.3) is 0 Å². The summed E-state index contributed by atoms with van der Waals surface area (Å²) in [7, 11) is 0. The van der Waals surface area contributed by atoms with E-state index in [4.69, 9.17) is 0 Å². The van der Waals surface area contributed by atoms with Crippen LogP contribution >= 0.6 is 0 Å². The molecule has 0 aromatic rings. The molecule has 1 aliphatic heterocycles. The van der Waals surface area contributed by atoms with Crippen LogP contribution in [-0.4, -0.2) is 34.3 Å². The molecular formula is C15H25NO4. The number of likely N-dealkylation sites (tertiary alicyclic amines) is 1. The maximum Gasteiger partial charge on any atom is 0.311 e. The Bertz CT molecular complexity index is 426. The van der Waals surface area contributed by atoms with Crippen LogP contribution in [-0.2, 0) is 14.4 Å². The minimum atomic E-state index is -1.03. The molecular weight excluding hydrogens is 258 g/mol. The molecule has 1 fully saturated rings. The molecule has 1 saturated heterocycles. The topological polar surface area (TPSA) is 74.7 Å². The number of hydrogen-bond donors (Lipinski definition) is 1. The van der Waals surface area contributed by atoms with Gasteiger partial charge in [-0.3, -0.25) is 19.3 Å². The Morgan fingerprint density at radius 3 is 2.15 bits per heavy atom. The lowest BCUT2D eigenvalue weighted by Crippen LogP contribution is -2.46. The van der Waals surface area contributed by atoms with Crippen molar-refractivity contribution in [2.45, 2.75) is 53.9 Å². The van der Waals surface area contributed by atoms with Gasteiger partial charge in [0.15, 0.2) is 0 Å². The Morgan fingerprint density at radius 2 is 1.85 bits per heavy atom. The van der Waals surface area contributed by atoms with Crippen molar-refractivity contribution in [2.75, 3.05) is 6.54 Å². The second-order valence-corrected chi connectivity index (χ2v) is 6.33. The number of hydrogen-bond acceptors (Lipinski definition) is 3. The van der Waals surface area contributed by atoms with E-state index >= 15 is 0 Å². The van der Waals surface area contributed by atoms with E-state index in [1.54, 1.807) is 20.8 Å². The lowest BCUT2D eigenvalue weighted by atomic mass is 9.77.